The highest BCUT2D eigenvalue weighted by Gasteiger charge is 2.19. The lowest BCUT2D eigenvalue weighted by atomic mass is 10.0. The Balaban J connectivity index is 1.72. The third-order valence-electron chi connectivity index (χ3n) is 6.22. The molecule has 0 saturated heterocycles. The van der Waals surface area contributed by atoms with Crippen molar-refractivity contribution in [2.45, 2.75) is 53.6 Å². The number of amides is 1. The van der Waals surface area contributed by atoms with E-state index in [2.05, 4.69) is 37.4 Å². The first-order valence-corrected chi connectivity index (χ1v) is 13.5. The topological polar surface area (TPSA) is 66.5 Å². The smallest absolute Gasteiger partial charge is 0.251 e. The molecule has 0 aliphatic rings. The molecule has 34 heavy (non-hydrogen) atoms. The lowest BCUT2D eigenvalue weighted by Gasteiger charge is -2.23. The third-order valence-corrected chi connectivity index (χ3v) is 7.36. The van der Waals surface area contributed by atoms with Gasteiger partial charge < -0.3 is 5.32 Å². The van der Waals surface area contributed by atoms with Gasteiger partial charge >= 0.3 is 0 Å². The van der Waals surface area contributed by atoms with Crippen molar-refractivity contribution < 1.29 is 13.2 Å². The minimum absolute atomic E-state index is 0.148. The minimum Gasteiger partial charge on any atom is -0.348 e. The van der Waals surface area contributed by atoms with Gasteiger partial charge in [0.05, 0.1) is 18.5 Å². The van der Waals surface area contributed by atoms with Gasteiger partial charge in [-0.1, -0.05) is 50.2 Å². The fraction of sp³-hybridized carbons (Fsp3) is 0.321. The number of rotatable bonds is 9. The minimum atomic E-state index is -3.47. The van der Waals surface area contributed by atoms with E-state index in [1.807, 2.05) is 44.2 Å². The fourth-order valence-corrected chi connectivity index (χ4v) is 4.77. The molecular weight excluding hydrogens is 444 g/mol. The van der Waals surface area contributed by atoms with Gasteiger partial charge in [-0.05, 0) is 84.3 Å². The summed E-state index contributed by atoms with van der Waals surface area (Å²) >= 11 is 0. The van der Waals surface area contributed by atoms with Crippen molar-refractivity contribution >= 4 is 21.6 Å². The Kier molecular flexibility index (Phi) is 8.15. The molecule has 0 heterocycles. The van der Waals surface area contributed by atoms with E-state index in [4.69, 9.17) is 0 Å². The van der Waals surface area contributed by atoms with E-state index >= 15 is 0 Å². The molecule has 0 spiro atoms. The monoisotopic (exact) mass is 478 g/mol. The van der Waals surface area contributed by atoms with Crippen molar-refractivity contribution in [2.24, 2.45) is 0 Å². The summed E-state index contributed by atoms with van der Waals surface area (Å²) in [5.74, 6) is -0.148. The van der Waals surface area contributed by atoms with Crippen LogP contribution >= 0.6 is 0 Å². The predicted octanol–water partition coefficient (Wildman–Crippen LogP) is 5.32. The number of benzene rings is 3. The molecule has 1 amide bonds. The molecule has 3 aromatic carbocycles. The average molecular weight is 479 g/mol. The number of nitrogens with zero attached hydrogens (tertiary/aromatic N) is 1. The molecule has 0 aromatic heterocycles. The van der Waals surface area contributed by atoms with E-state index in [9.17, 15) is 13.2 Å². The first-order valence-electron chi connectivity index (χ1n) is 11.6. The van der Waals surface area contributed by atoms with Crippen molar-refractivity contribution in [3.05, 3.63) is 99.6 Å². The molecule has 0 atom stereocenters. The van der Waals surface area contributed by atoms with E-state index in [0.29, 0.717) is 17.8 Å². The second-order valence-electron chi connectivity index (χ2n) is 8.73. The Bertz CT molecular complexity index is 1270. The lowest BCUT2D eigenvalue weighted by Crippen LogP contribution is -2.29. The lowest BCUT2D eigenvalue weighted by molar-refractivity contribution is 0.0951. The number of carbonyl (C=O) groups excluding carboxylic acids is 1. The van der Waals surface area contributed by atoms with E-state index in [-0.39, 0.29) is 12.5 Å². The Labute approximate surface area is 203 Å². The van der Waals surface area contributed by atoms with Crippen LogP contribution in [0.25, 0.3) is 0 Å². The van der Waals surface area contributed by atoms with Crippen molar-refractivity contribution in [2.75, 3.05) is 10.6 Å². The molecule has 5 nitrogen and oxygen atoms in total. The summed E-state index contributed by atoms with van der Waals surface area (Å²) in [5, 5.41) is 3.02. The highest BCUT2D eigenvalue weighted by atomic mass is 32.2. The van der Waals surface area contributed by atoms with Crippen LogP contribution in [-0.4, -0.2) is 20.6 Å². The van der Waals surface area contributed by atoms with Crippen LogP contribution in [0.1, 0.15) is 57.6 Å². The van der Waals surface area contributed by atoms with Gasteiger partial charge in [0.2, 0.25) is 10.0 Å². The van der Waals surface area contributed by atoms with Gasteiger partial charge in [0, 0.05) is 12.1 Å². The Hall–Kier alpha value is -3.12. The maximum absolute atomic E-state index is 12.7. The van der Waals surface area contributed by atoms with Gasteiger partial charge in [0.15, 0.2) is 0 Å². The highest BCUT2D eigenvalue weighted by molar-refractivity contribution is 7.92. The van der Waals surface area contributed by atoms with Crippen LogP contribution in [0.5, 0.6) is 0 Å². The summed E-state index contributed by atoms with van der Waals surface area (Å²) in [7, 11) is -3.47. The molecule has 0 radical (unpaired) electrons. The summed E-state index contributed by atoms with van der Waals surface area (Å²) in [6, 6.07) is 19.2. The highest BCUT2D eigenvalue weighted by Crippen LogP contribution is 2.23. The SMILES string of the molecule is CCc1ccc(CC)c(CNC(=O)c2ccc(CN(c3ccc(C)c(C)c3)S(C)(=O)=O)cc2)c1. The molecule has 0 fully saturated rings. The maximum Gasteiger partial charge on any atom is 0.251 e. The molecule has 1 N–H and O–H groups in total. The normalized spacial score (nSPS) is 11.3. The molecular formula is C28H34N2O3S. The summed E-state index contributed by atoms with van der Waals surface area (Å²) in [6.45, 7) is 8.88. The number of anilines is 1. The van der Waals surface area contributed by atoms with Gasteiger partial charge in [-0.15, -0.1) is 0 Å². The van der Waals surface area contributed by atoms with Crippen LogP contribution in [0.15, 0.2) is 60.7 Å². The third kappa shape index (κ3) is 6.26. The van der Waals surface area contributed by atoms with Crippen LogP contribution in [0.3, 0.4) is 0 Å². The van der Waals surface area contributed by atoms with E-state index < -0.39 is 10.0 Å². The van der Waals surface area contributed by atoms with Crippen LogP contribution < -0.4 is 9.62 Å². The zero-order valence-electron chi connectivity index (χ0n) is 20.7. The summed E-state index contributed by atoms with van der Waals surface area (Å²) in [5.41, 5.74) is 7.77. The number of hydrogen-bond donors (Lipinski definition) is 1. The molecule has 0 aliphatic carbocycles. The molecule has 0 unspecified atom stereocenters. The molecule has 0 saturated carbocycles. The van der Waals surface area contributed by atoms with Crippen molar-refractivity contribution in [1.82, 2.24) is 5.32 Å². The van der Waals surface area contributed by atoms with Gasteiger partial charge in [-0.3, -0.25) is 9.10 Å². The van der Waals surface area contributed by atoms with Crippen molar-refractivity contribution in [3.8, 4) is 0 Å². The van der Waals surface area contributed by atoms with Crippen LogP contribution in [0.2, 0.25) is 0 Å². The van der Waals surface area contributed by atoms with Crippen LogP contribution in [0.4, 0.5) is 5.69 Å². The Morgan fingerprint density at radius 3 is 2.09 bits per heavy atom. The molecule has 180 valence electrons. The van der Waals surface area contributed by atoms with E-state index in [0.717, 1.165) is 35.1 Å². The quantitative estimate of drug-likeness (QED) is 0.452. The van der Waals surface area contributed by atoms with Gasteiger partial charge in [-0.25, -0.2) is 8.42 Å². The zero-order valence-corrected chi connectivity index (χ0v) is 21.5. The number of carbonyl (C=O) groups is 1. The summed E-state index contributed by atoms with van der Waals surface area (Å²) in [6.07, 6.45) is 3.09. The van der Waals surface area contributed by atoms with Crippen molar-refractivity contribution in [3.63, 3.8) is 0 Å². The van der Waals surface area contributed by atoms with Gasteiger partial charge in [-0.2, -0.15) is 0 Å². The molecule has 3 aromatic rings. The zero-order chi connectivity index (χ0) is 24.9. The fourth-order valence-electron chi connectivity index (χ4n) is 3.89. The largest absolute Gasteiger partial charge is 0.348 e. The first kappa shape index (κ1) is 25.5. The summed E-state index contributed by atoms with van der Waals surface area (Å²) in [4.78, 5) is 12.7. The number of sulfonamides is 1. The number of nitrogens with one attached hydrogen (secondary N) is 1. The average Bonchev–Trinajstić information content (AvgIpc) is 2.82. The maximum atomic E-state index is 12.7. The molecule has 6 heteroatoms. The summed E-state index contributed by atoms with van der Waals surface area (Å²) < 4.78 is 26.4. The van der Waals surface area contributed by atoms with Crippen LogP contribution in [0, 0.1) is 13.8 Å². The molecule has 0 bridgehead atoms. The first-order chi connectivity index (χ1) is 16.1. The van der Waals surface area contributed by atoms with E-state index in [1.165, 1.54) is 21.7 Å². The number of aryl methyl sites for hydroxylation is 4. The van der Waals surface area contributed by atoms with Gasteiger partial charge in [0.25, 0.3) is 5.91 Å². The van der Waals surface area contributed by atoms with Crippen LogP contribution in [-0.2, 0) is 36.0 Å². The Morgan fingerprint density at radius 1 is 0.824 bits per heavy atom. The van der Waals surface area contributed by atoms with Gasteiger partial charge in [0.1, 0.15) is 0 Å². The second-order valence-corrected chi connectivity index (χ2v) is 10.6. The standard InChI is InChI=1S/C28H34N2O3S/c1-6-22-9-12-24(7-2)26(17-22)18-29-28(31)25-13-10-23(11-14-25)19-30(34(5,32)33)27-15-8-20(3)21(4)16-27/h8-17H,6-7,18-19H2,1-5H3,(H,29,31). The predicted molar refractivity (Wildman–Crippen MR) is 140 cm³/mol. The van der Waals surface area contributed by atoms with Crippen molar-refractivity contribution in [1.29, 1.82) is 0 Å². The molecule has 0 aliphatic heterocycles. The van der Waals surface area contributed by atoms with E-state index in [1.54, 1.807) is 12.1 Å². The number of hydrogen-bond acceptors (Lipinski definition) is 3. The second kappa shape index (κ2) is 10.9. The molecule has 3 rings (SSSR count). The Morgan fingerprint density at radius 2 is 1.50 bits per heavy atom.